The van der Waals surface area contributed by atoms with Crippen LogP contribution < -0.4 is 9.46 Å². The van der Waals surface area contributed by atoms with E-state index in [4.69, 9.17) is 4.74 Å². The van der Waals surface area contributed by atoms with Crippen molar-refractivity contribution in [1.29, 1.82) is 0 Å². The highest BCUT2D eigenvalue weighted by atomic mass is 32.2. The van der Waals surface area contributed by atoms with Crippen molar-refractivity contribution < 1.29 is 17.9 Å². The fourth-order valence-electron chi connectivity index (χ4n) is 3.41. The number of carbonyl (C=O) groups excluding carboxylic acids is 1. The van der Waals surface area contributed by atoms with E-state index >= 15 is 0 Å². The van der Waals surface area contributed by atoms with Crippen LogP contribution in [0.4, 0.5) is 0 Å². The Balaban J connectivity index is 1.58. The largest absolute Gasteiger partial charge is 0.494 e. The second kappa shape index (κ2) is 8.97. The van der Waals surface area contributed by atoms with Gasteiger partial charge in [0.1, 0.15) is 5.75 Å². The van der Waals surface area contributed by atoms with Gasteiger partial charge in [0.25, 0.3) is 5.91 Å². The average Bonchev–Trinajstić information content (AvgIpc) is 2.70. The molecule has 0 atom stereocenters. The summed E-state index contributed by atoms with van der Waals surface area (Å²) in [5, 5.41) is 0. The number of benzene rings is 2. The molecule has 0 radical (unpaired) electrons. The van der Waals surface area contributed by atoms with Crippen molar-refractivity contribution in [3.8, 4) is 5.75 Å². The molecule has 0 spiro atoms. The van der Waals surface area contributed by atoms with E-state index in [1.807, 2.05) is 26.8 Å². The van der Waals surface area contributed by atoms with Gasteiger partial charge in [0.2, 0.25) is 10.0 Å². The quantitative estimate of drug-likeness (QED) is 0.784. The van der Waals surface area contributed by atoms with Gasteiger partial charge in [-0.1, -0.05) is 6.07 Å². The molecule has 1 amide bonds. The second-order valence-corrected chi connectivity index (χ2v) is 9.11. The molecule has 2 aromatic carbocycles. The van der Waals surface area contributed by atoms with Gasteiger partial charge in [0, 0.05) is 24.7 Å². The van der Waals surface area contributed by atoms with Crippen molar-refractivity contribution >= 4 is 15.9 Å². The standard InChI is InChI=1S/C22H28N2O4S/c1-4-28-20-8-6-18(7-9-20)22(25)24-13-11-19(12-14-24)23-29(26,27)21-10-5-16(2)17(3)15-21/h5-10,15,19,23H,4,11-14H2,1-3H3. The number of piperidine rings is 1. The first-order valence-corrected chi connectivity index (χ1v) is 11.4. The molecule has 0 aliphatic carbocycles. The van der Waals surface area contributed by atoms with Crippen LogP contribution in [-0.2, 0) is 10.0 Å². The molecule has 1 fully saturated rings. The molecule has 2 aromatic rings. The number of carbonyl (C=O) groups is 1. The summed E-state index contributed by atoms with van der Waals surface area (Å²) in [6.45, 7) is 7.39. The summed E-state index contributed by atoms with van der Waals surface area (Å²) < 4.78 is 33.6. The highest BCUT2D eigenvalue weighted by molar-refractivity contribution is 7.89. The van der Waals surface area contributed by atoms with E-state index in [1.54, 1.807) is 41.3 Å². The van der Waals surface area contributed by atoms with Gasteiger partial charge in [0.15, 0.2) is 0 Å². The highest BCUT2D eigenvalue weighted by Crippen LogP contribution is 2.20. The summed E-state index contributed by atoms with van der Waals surface area (Å²) in [6.07, 6.45) is 1.18. The maximum atomic E-state index is 12.7. The minimum Gasteiger partial charge on any atom is -0.494 e. The first-order chi connectivity index (χ1) is 13.8. The fourth-order valence-corrected chi connectivity index (χ4v) is 4.80. The minimum absolute atomic E-state index is 0.0384. The number of sulfonamides is 1. The molecule has 29 heavy (non-hydrogen) atoms. The van der Waals surface area contributed by atoms with Crippen molar-refractivity contribution in [2.24, 2.45) is 0 Å². The molecule has 156 valence electrons. The Labute approximate surface area is 172 Å². The van der Waals surface area contributed by atoms with Gasteiger partial charge in [-0.25, -0.2) is 13.1 Å². The Bertz CT molecular complexity index is 963. The molecular weight excluding hydrogens is 388 g/mol. The number of nitrogens with one attached hydrogen (secondary N) is 1. The van der Waals surface area contributed by atoms with E-state index in [1.165, 1.54) is 0 Å². The number of hydrogen-bond acceptors (Lipinski definition) is 4. The molecule has 1 N–H and O–H groups in total. The van der Waals surface area contributed by atoms with Crippen LogP contribution in [-0.4, -0.2) is 45.0 Å². The lowest BCUT2D eigenvalue weighted by molar-refractivity contribution is 0.0711. The predicted molar refractivity (Wildman–Crippen MR) is 113 cm³/mol. The van der Waals surface area contributed by atoms with E-state index in [0.29, 0.717) is 38.1 Å². The molecule has 0 bridgehead atoms. The molecule has 6 nitrogen and oxygen atoms in total. The number of hydrogen-bond donors (Lipinski definition) is 1. The van der Waals surface area contributed by atoms with Crippen LogP contribution in [0.25, 0.3) is 0 Å². The normalized spacial score (nSPS) is 15.3. The van der Waals surface area contributed by atoms with Crippen LogP contribution in [0.2, 0.25) is 0 Å². The molecule has 3 rings (SSSR count). The van der Waals surface area contributed by atoms with Crippen molar-refractivity contribution in [2.75, 3.05) is 19.7 Å². The van der Waals surface area contributed by atoms with Crippen molar-refractivity contribution in [3.63, 3.8) is 0 Å². The predicted octanol–water partition coefficient (Wildman–Crippen LogP) is 3.29. The Hall–Kier alpha value is -2.38. The lowest BCUT2D eigenvalue weighted by Crippen LogP contribution is -2.46. The van der Waals surface area contributed by atoms with E-state index in [2.05, 4.69) is 4.72 Å². The van der Waals surface area contributed by atoms with Gasteiger partial charge in [-0.2, -0.15) is 0 Å². The number of aryl methyl sites for hydroxylation is 2. The van der Waals surface area contributed by atoms with Gasteiger partial charge < -0.3 is 9.64 Å². The SMILES string of the molecule is CCOc1ccc(C(=O)N2CCC(NS(=O)(=O)c3ccc(C)c(C)c3)CC2)cc1. The number of amides is 1. The number of rotatable bonds is 6. The lowest BCUT2D eigenvalue weighted by atomic mass is 10.0. The molecule has 0 unspecified atom stereocenters. The third kappa shape index (κ3) is 5.16. The van der Waals surface area contributed by atoms with E-state index in [9.17, 15) is 13.2 Å². The average molecular weight is 417 g/mol. The summed E-state index contributed by atoms with van der Waals surface area (Å²) in [7, 11) is -3.57. The zero-order valence-electron chi connectivity index (χ0n) is 17.1. The first kappa shape index (κ1) is 21.3. The monoisotopic (exact) mass is 416 g/mol. The molecular formula is C22H28N2O4S. The number of likely N-dealkylation sites (tertiary alicyclic amines) is 1. The second-order valence-electron chi connectivity index (χ2n) is 7.39. The topological polar surface area (TPSA) is 75.7 Å². The Morgan fingerprint density at radius 3 is 2.31 bits per heavy atom. The number of ether oxygens (including phenoxy) is 1. The maximum absolute atomic E-state index is 12.7. The first-order valence-electron chi connectivity index (χ1n) is 9.92. The molecule has 1 aliphatic rings. The molecule has 1 aliphatic heterocycles. The van der Waals surface area contributed by atoms with Gasteiger partial charge in [-0.05, 0) is 81.1 Å². The van der Waals surface area contributed by atoms with Gasteiger partial charge in [0.05, 0.1) is 11.5 Å². The van der Waals surface area contributed by atoms with Gasteiger partial charge in [-0.15, -0.1) is 0 Å². The maximum Gasteiger partial charge on any atom is 0.253 e. The van der Waals surface area contributed by atoms with Crippen molar-refractivity contribution in [1.82, 2.24) is 9.62 Å². The third-order valence-electron chi connectivity index (χ3n) is 5.30. The highest BCUT2D eigenvalue weighted by Gasteiger charge is 2.27. The molecule has 0 aromatic heterocycles. The van der Waals surface area contributed by atoms with Crippen molar-refractivity contribution in [3.05, 3.63) is 59.2 Å². The van der Waals surface area contributed by atoms with E-state index < -0.39 is 10.0 Å². The molecule has 1 saturated heterocycles. The summed E-state index contributed by atoms with van der Waals surface area (Å²) in [5.74, 6) is 0.701. The molecule has 0 saturated carbocycles. The lowest BCUT2D eigenvalue weighted by Gasteiger charge is -2.32. The minimum atomic E-state index is -3.57. The van der Waals surface area contributed by atoms with Crippen LogP contribution in [0.5, 0.6) is 5.75 Å². The van der Waals surface area contributed by atoms with Gasteiger partial charge in [-0.3, -0.25) is 4.79 Å². The van der Waals surface area contributed by atoms with Crippen LogP contribution in [0.3, 0.4) is 0 Å². The molecule has 7 heteroatoms. The van der Waals surface area contributed by atoms with Gasteiger partial charge >= 0.3 is 0 Å². The summed E-state index contributed by atoms with van der Waals surface area (Å²) >= 11 is 0. The van der Waals surface area contributed by atoms with E-state index in [0.717, 1.165) is 16.9 Å². The third-order valence-corrected chi connectivity index (χ3v) is 6.82. The molecule has 1 heterocycles. The zero-order chi connectivity index (χ0) is 21.0. The Morgan fingerprint density at radius 1 is 1.07 bits per heavy atom. The van der Waals surface area contributed by atoms with E-state index in [-0.39, 0.29) is 16.8 Å². The summed E-state index contributed by atoms with van der Waals surface area (Å²) in [5.41, 5.74) is 2.62. The summed E-state index contributed by atoms with van der Waals surface area (Å²) in [6, 6.07) is 12.1. The Morgan fingerprint density at radius 2 is 1.72 bits per heavy atom. The summed E-state index contributed by atoms with van der Waals surface area (Å²) in [4.78, 5) is 14.8. The Kier molecular flexibility index (Phi) is 6.59. The fraction of sp³-hybridized carbons (Fsp3) is 0.409. The van der Waals surface area contributed by atoms with Crippen LogP contribution in [0.1, 0.15) is 41.3 Å². The zero-order valence-corrected chi connectivity index (χ0v) is 18.0. The van der Waals surface area contributed by atoms with Crippen LogP contribution in [0, 0.1) is 13.8 Å². The van der Waals surface area contributed by atoms with Crippen molar-refractivity contribution in [2.45, 2.75) is 44.6 Å². The van der Waals surface area contributed by atoms with Crippen LogP contribution in [0.15, 0.2) is 47.4 Å². The smallest absolute Gasteiger partial charge is 0.253 e. The van der Waals surface area contributed by atoms with Crippen LogP contribution >= 0.6 is 0 Å². The number of nitrogens with zero attached hydrogens (tertiary/aromatic N) is 1.